The minimum absolute atomic E-state index is 0.230. The number of ether oxygens (including phenoxy) is 1. The van der Waals surface area contributed by atoms with E-state index in [1.165, 1.54) is 0 Å². The molecule has 1 aromatic carbocycles. The average Bonchev–Trinajstić information content (AvgIpc) is 2.15. The molecule has 0 aliphatic heterocycles. The van der Waals surface area contributed by atoms with E-state index in [0.717, 1.165) is 0 Å². The van der Waals surface area contributed by atoms with Crippen molar-refractivity contribution >= 4 is 5.69 Å². The molecule has 0 N–H and O–H groups in total. The van der Waals surface area contributed by atoms with E-state index in [4.69, 9.17) is 11.2 Å². The number of rotatable bonds is 3. The van der Waals surface area contributed by atoms with Gasteiger partial charge in [0.1, 0.15) is 18.0 Å². The molecule has 3 nitrogen and oxygen atoms in total. The molecule has 0 atom stereocenters. The first-order valence-corrected chi connectivity index (χ1v) is 3.36. The topological polar surface area (TPSA) is 38.7 Å². The fourth-order valence-electron chi connectivity index (χ4n) is 0.728. The third-order valence-corrected chi connectivity index (χ3v) is 1.26. The van der Waals surface area contributed by atoms with Crippen molar-refractivity contribution in [1.82, 2.24) is 0 Å². The smallest absolute Gasteiger partial charge is 0.148 e. The Kier molecular flexibility index (Phi) is 2.86. The summed E-state index contributed by atoms with van der Waals surface area (Å²) in [7, 11) is 0. The van der Waals surface area contributed by atoms with Crippen LogP contribution in [0.5, 0.6) is 5.75 Å². The fraction of sp³-hybridized carbons (Fsp3) is 0.111. The molecule has 1 rings (SSSR count). The van der Waals surface area contributed by atoms with Crippen LogP contribution in [0.25, 0.3) is 0 Å². The van der Waals surface area contributed by atoms with Gasteiger partial charge in [0.15, 0.2) is 0 Å². The number of terminal acetylenes is 1. The Morgan fingerprint density at radius 2 is 2.08 bits per heavy atom. The zero-order valence-corrected chi connectivity index (χ0v) is 6.36. The van der Waals surface area contributed by atoms with E-state index in [1.807, 2.05) is 0 Å². The number of benzene rings is 1. The summed E-state index contributed by atoms with van der Waals surface area (Å²) in [6.45, 7) is 0.230. The van der Waals surface area contributed by atoms with Gasteiger partial charge in [0.2, 0.25) is 0 Å². The number of nitrogens with zero attached hydrogens (tertiary/aromatic N) is 1. The first kappa shape index (κ1) is 8.28. The van der Waals surface area contributed by atoms with Gasteiger partial charge < -0.3 is 4.74 Å². The summed E-state index contributed by atoms with van der Waals surface area (Å²) in [4.78, 5) is 10.0. The van der Waals surface area contributed by atoms with E-state index in [0.29, 0.717) is 11.4 Å². The van der Waals surface area contributed by atoms with Crippen molar-refractivity contribution in [3.8, 4) is 18.1 Å². The average molecular weight is 161 g/mol. The van der Waals surface area contributed by atoms with Crippen LogP contribution in [0.1, 0.15) is 0 Å². The quantitative estimate of drug-likeness (QED) is 0.503. The highest BCUT2D eigenvalue weighted by atomic mass is 16.5. The fourth-order valence-corrected chi connectivity index (χ4v) is 0.728. The molecule has 1 aromatic rings. The highest BCUT2D eigenvalue weighted by molar-refractivity contribution is 5.40. The predicted molar refractivity (Wildman–Crippen MR) is 46.2 cm³/mol. The van der Waals surface area contributed by atoms with Gasteiger partial charge in [-0.2, -0.15) is 0 Å². The lowest BCUT2D eigenvalue weighted by atomic mass is 10.3. The first-order chi connectivity index (χ1) is 5.86. The molecule has 0 aliphatic rings. The van der Waals surface area contributed by atoms with Gasteiger partial charge in [-0.1, -0.05) is 5.92 Å². The Morgan fingerprint density at radius 3 is 2.58 bits per heavy atom. The third kappa shape index (κ3) is 2.10. The van der Waals surface area contributed by atoms with Gasteiger partial charge in [0.25, 0.3) is 0 Å². The predicted octanol–water partition coefficient (Wildman–Crippen LogP) is 2.10. The van der Waals surface area contributed by atoms with Crippen LogP contribution in [0.15, 0.2) is 29.4 Å². The highest BCUT2D eigenvalue weighted by Gasteiger charge is 1.92. The summed E-state index contributed by atoms with van der Waals surface area (Å²) in [5, 5.41) is 2.75. The van der Waals surface area contributed by atoms with Crippen LogP contribution < -0.4 is 4.74 Å². The molecule has 0 radical (unpaired) electrons. The largest absolute Gasteiger partial charge is 0.481 e. The van der Waals surface area contributed by atoms with Crippen molar-refractivity contribution < 1.29 is 4.74 Å². The molecule has 0 heterocycles. The van der Waals surface area contributed by atoms with Gasteiger partial charge in [0.05, 0.1) is 0 Å². The van der Waals surface area contributed by atoms with Gasteiger partial charge in [-0.05, 0) is 29.4 Å². The molecule has 0 saturated carbocycles. The van der Waals surface area contributed by atoms with Crippen LogP contribution in [-0.2, 0) is 0 Å². The Morgan fingerprint density at radius 1 is 1.42 bits per heavy atom. The molecule has 0 saturated heterocycles. The Labute approximate surface area is 70.3 Å². The summed E-state index contributed by atoms with van der Waals surface area (Å²) in [5.41, 5.74) is 0.378. The number of hydrogen-bond acceptors (Lipinski definition) is 3. The van der Waals surface area contributed by atoms with Crippen molar-refractivity contribution in [3.05, 3.63) is 29.2 Å². The summed E-state index contributed by atoms with van der Waals surface area (Å²) < 4.78 is 5.07. The van der Waals surface area contributed by atoms with Gasteiger partial charge >= 0.3 is 0 Å². The van der Waals surface area contributed by atoms with Crippen molar-refractivity contribution in [2.24, 2.45) is 5.18 Å². The maximum Gasteiger partial charge on any atom is 0.148 e. The van der Waals surface area contributed by atoms with Crippen molar-refractivity contribution in [1.29, 1.82) is 0 Å². The molecule has 60 valence electrons. The normalized spacial score (nSPS) is 8.58. The third-order valence-electron chi connectivity index (χ3n) is 1.26. The maximum absolute atomic E-state index is 10.0. The van der Waals surface area contributed by atoms with E-state index in [-0.39, 0.29) is 6.61 Å². The number of nitroso groups, excluding NO2 is 1. The molecule has 12 heavy (non-hydrogen) atoms. The lowest BCUT2D eigenvalue weighted by Crippen LogP contribution is -1.92. The van der Waals surface area contributed by atoms with Gasteiger partial charge in [-0.15, -0.1) is 11.3 Å². The molecule has 0 fully saturated rings. The number of hydrogen-bond donors (Lipinski definition) is 0. The van der Waals surface area contributed by atoms with E-state index in [1.54, 1.807) is 24.3 Å². The van der Waals surface area contributed by atoms with Crippen LogP contribution in [0.4, 0.5) is 5.69 Å². The van der Waals surface area contributed by atoms with Crippen LogP contribution in [0.3, 0.4) is 0 Å². The Hall–Kier alpha value is -1.82. The summed E-state index contributed by atoms with van der Waals surface area (Å²) >= 11 is 0. The zero-order valence-electron chi connectivity index (χ0n) is 6.36. The first-order valence-electron chi connectivity index (χ1n) is 3.36. The van der Waals surface area contributed by atoms with Gasteiger partial charge in [0, 0.05) is 0 Å². The molecular weight excluding hydrogens is 154 g/mol. The second kappa shape index (κ2) is 4.14. The lowest BCUT2D eigenvalue weighted by Gasteiger charge is -1.99. The standard InChI is InChI=1S/C9H7NO2/c1-2-7-12-9-5-3-8(10-11)4-6-9/h1,3-6H,7H2. The summed E-state index contributed by atoms with van der Waals surface area (Å²) in [5.74, 6) is 2.98. The molecule has 0 bridgehead atoms. The summed E-state index contributed by atoms with van der Waals surface area (Å²) in [6.07, 6.45) is 4.99. The van der Waals surface area contributed by atoms with Crippen LogP contribution in [0.2, 0.25) is 0 Å². The van der Waals surface area contributed by atoms with E-state index >= 15 is 0 Å². The molecule has 3 heteroatoms. The molecule has 0 aromatic heterocycles. The van der Waals surface area contributed by atoms with E-state index < -0.39 is 0 Å². The minimum atomic E-state index is 0.230. The van der Waals surface area contributed by atoms with Crippen LogP contribution >= 0.6 is 0 Å². The highest BCUT2D eigenvalue weighted by Crippen LogP contribution is 2.17. The molecule has 0 spiro atoms. The minimum Gasteiger partial charge on any atom is -0.481 e. The van der Waals surface area contributed by atoms with Crippen molar-refractivity contribution in [2.75, 3.05) is 6.61 Å². The van der Waals surface area contributed by atoms with Gasteiger partial charge in [-0.3, -0.25) is 0 Å². The van der Waals surface area contributed by atoms with Crippen molar-refractivity contribution in [2.45, 2.75) is 0 Å². The SMILES string of the molecule is C#CCOc1ccc(N=O)cc1. The zero-order chi connectivity index (χ0) is 8.81. The van der Waals surface area contributed by atoms with Crippen LogP contribution in [0, 0.1) is 17.3 Å². The second-order valence-electron chi connectivity index (χ2n) is 2.08. The Balaban J connectivity index is 2.66. The Bertz CT molecular complexity index is 297. The van der Waals surface area contributed by atoms with Crippen molar-refractivity contribution in [3.63, 3.8) is 0 Å². The molecule has 0 aliphatic carbocycles. The molecule has 0 unspecified atom stereocenters. The maximum atomic E-state index is 10.0. The molecular formula is C9H7NO2. The van der Waals surface area contributed by atoms with Gasteiger partial charge in [-0.25, -0.2) is 0 Å². The lowest BCUT2D eigenvalue weighted by molar-refractivity contribution is 0.370. The van der Waals surface area contributed by atoms with E-state index in [9.17, 15) is 4.91 Å². The molecule has 0 amide bonds. The summed E-state index contributed by atoms with van der Waals surface area (Å²) in [6, 6.07) is 6.43. The van der Waals surface area contributed by atoms with E-state index in [2.05, 4.69) is 11.1 Å². The van der Waals surface area contributed by atoms with Crippen LogP contribution in [-0.4, -0.2) is 6.61 Å². The second-order valence-corrected chi connectivity index (χ2v) is 2.08. The monoisotopic (exact) mass is 161 g/mol.